The highest BCUT2D eigenvalue weighted by Crippen LogP contribution is 2.28. The number of H-pyrrole nitrogens is 1. The maximum atomic E-state index is 7.32. The van der Waals surface area contributed by atoms with Crippen LogP contribution in [-0.4, -0.2) is 30.9 Å². The Hall–Kier alpha value is -4.18. The molecule has 0 saturated heterocycles. The second kappa shape index (κ2) is 8.75. The van der Waals surface area contributed by atoms with Crippen LogP contribution in [-0.2, 0) is 6.42 Å². The lowest BCUT2D eigenvalue weighted by molar-refractivity contribution is 0.700. The highest BCUT2D eigenvalue weighted by atomic mass is 15.1. The molecular weight excluding hydrogens is 410 g/mol. The number of aromatic amines is 1. The van der Waals surface area contributed by atoms with E-state index in [1.807, 2.05) is 24.5 Å². The van der Waals surface area contributed by atoms with Gasteiger partial charge in [0.05, 0.1) is 12.3 Å². The molecule has 2 N–H and O–H groups in total. The van der Waals surface area contributed by atoms with Crippen molar-refractivity contribution in [3.8, 4) is 11.3 Å². The number of aromatic nitrogens is 5. The van der Waals surface area contributed by atoms with Crippen molar-refractivity contribution in [1.82, 2.24) is 24.3 Å². The molecule has 0 bridgehead atoms. The minimum absolute atomic E-state index is 0.363. The molecule has 0 aliphatic rings. The lowest BCUT2D eigenvalue weighted by Crippen LogP contribution is -2.09. The fraction of sp³-hybridized carbons (Fsp3) is 0.231. The maximum Gasteiger partial charge on any atom is 0.205 e. The standard InChI is InChI=1S/C26H25N7/c1-4-17(2)24-15-31-26-25(29-10-9-18-13-30-22-8-6-5-7-21(18)22)32-23(16-33(24)26)19-11-20(27-3)14-28-12-19/h5-8,11-17,30H,4,9-10H2,1-2H3,(H,29,32). The van der Waals surface area contributed by atoms with Crippen molar-refractivity contribution in [2.24, 2.45) is 0 Å². The smallest absolute Gasteiger partial charge is 0.205 e. The van der Waals surface area contributed by atoms with Gasteiger partial charge >= 0.3 is 0 Å². The van der Waals surface area contributed by atoms with Gasteiger partial charge in [0.1, 0.15) is 0 Å². The van der Waals surface area contributed by atoms with Gasteiger partial charge in [-0.15, -0.1) is 0 Å². The van der Waals surface area contributed by atoms with Gasteiger partial charge in [0.25, 0.3) is 0 Å². The van der Waals surface area contributed by atoms with Crippen LogP contribution in [0, 0.1) is 6.57 Å². The summed E-state index contributed by atoms with van der Waals surface area (Å²) < 4.78 is 2.12. The van der Waals surface area contributed by atoms with Gasteiger partial charge in [0, 0.05) is 59.7 Å². The Bertz CT molecular complexity index is 1470. The highest BCUT2D eigenvalue weighted by Gasteiger charge is 2.16. The molecule has 0 aliphatic carbocycles. The molecule has 164 valence electrons. The summed E-state index contributed by atoms with van der Waals surface area (Å²) in [5.41, 5.74) is 6.44. The molecule has 0 amide bonds. The SMILES string of the molecule is [C-]#[N+]c1cncc(-c2cn3c(C(C)CC)cnc3c(NCCc3c[nH]c4ccccc34)n2)c1. The Morgan fingerprint density at radius 2 is 2.09 bits per heavy atom. The van der Waals surface area contributed by atoms with Crippen LogP contribution in [0.4, 0.5) is 11.5 Å². The van der Waals surface area contributed by atoms with Gasteiger partial charge in [0.2, 0.25) is 5.69 Å². The van der Waals surface area contributed by atoms with Crippen molar-refractivity contribution in [3.63, 3.8) is 0 Å². The number of benzene rings is 1. The van der Waals surface area contributed by atoms with Crippen molar-refractivity contribution in [2.75, 3.05) is 11.9 Å². The summed E-state index contributed by atoms with van der Waals surface area (Å²) in [5, 5.41) is 4.75. The average molecular weight is 436 g/mol. The van der Waals surface area contributed by atoms with E-state index >= 15 is 0 Å². The van der Waals surface area contributed by atoms with Crippen molar-refractivity contribution in [1.29, 1.82) is 0 Å². The molecule has 5 rings (SSSR count). The molecule has 0 radical (unpaired) electrons. The second-order valence-electron chi connectivity index (χ2n) is 8.24. The highest BCUT2D eigenvalue weighted by molar-refractivity contribution is 5.83. The molecule has 7 heteroatoms. The van der Waals surface area contributed by atoms with Gasteiger partial charge in [-0.05, 0) is 36.5 Å². The van der Waals surface area contributed by atoms with Crippen molar-refractivity contribution in [2.45, 2.75) is 32.6 Å². The Balaban J connectivity index is 1.51. The quantitative estimate of drug-likeness (QED) is 0.308. The first-order valence-corrected chi connectivity index (χ1v) is 11.2. The van der Waals surface area contributed by atoms with Crippen LogP contribution in [0.5, 0.6) is 0 Å². The first kappa shape index (κ1) is 20.7. The summed E-state index contributed by atoms with van der Waals surface area (Å²) in [7, 11) is 0. The van der Waals surface area contributed by atoms with Crippen LogP contribution in [0.25, 0.3) is 32.7 Å². The summed E-state index contributed by atoms with van der Waals surface area (Å²) >= 11 is 0. The van der Waals surface area contributed by atoms with Crippen LogP contribution < -0.4 is 5.32 Å². The number of nitrogens with zero attached hydrogens (tertiary/aromatic N) is 5. The summed E-state index contributed by atoms with van der Waals surface area (Å²) in [6.45, 7) is 12.4. The third-order valence-electron chi connectivity index (χ3n) is 6.15. The zero-order chi connectivity index (χ0) is 22.8. The lowest BCUT2D eigenvalue weighted by atomic mass is 10.1. The van der Waals surface area contributed by atoms with Gasteiger partial charge in [-0.1, -0.05) is 32.0 Å². The molecule has 5 aromatic rings. The van der Waals surface area contributed by atoms with E-state index in [2.05, 4.69) is 67.8 Å². The minimum atomic E-state index is 0.363. The van der Waals surface area contributed by atoms with Crippen molar-refractivity contribution in [3.05, 3.63) is 84.0 Å². The largest absolute Gasteiger partial charge is 0.367 e. The van der Waals surface area contributed by atoms with Crippen LogP contribution in [0.15, 0.2) is 61.3 Å². The number of para-hydroxylation sites is 1. The molecule has 1 aromatic carbocycles. The molecule has 0 aliphatic heterocycles. The van der Waals surface area contributed by atoms with Crippen molar-refractivity contribution >= 4 is 28.1 Å². The van der Waals surface area contributed by atoms with Crippen LogP contribution in [0.2, 0.25) is 0 Å². The number of rotatable bonds is 7. The van der Waals surface area contributed by atoms with Crippen LogP contribution in [0.1, 0.15) is 37.4 Å². The van der Waals surface area contributed by atoms with E-state index < -0.39 is 0 Å². The predicted octanol–water partition coefficient (Wildman–Crippen LogP) is 5.99. The molecule has 33 heavy (non-hydrogen) atoms. The first-order valence-electron chi connectivity index (χ1n) is 11.2. The lowest BCUT2D eigenvalue weighted by Gasteiger charge is -2.13. The molecular formula is C26H25N7. The molecule has 1 unspecified atom stereocenters. The number of hydrogen-bond acceptors (Lipinski definition) is 4. The maximum absolute atomic E-state index is 7.32. The van der Waals surface area contributed by atoms with Crippen LogP contribution in [0.3, 0.4) is 0 Å². The fourth-order valence-electron chi connectivity index (χ4n) is 4.12. The molecule has 4 aromatic heterocycles. The third kappa shape index (κ3) is 3.92. The predicted molar refractivity (Wildman–Crippen MR) is 132 cm³/mol. The number of hydrogen-bond donors (Lipinski definition) is 2. The number of pyridine rings is 1. The van der Waals surface area contributed by atoms with E-state index in [1.54, 1.807) is 12.4 Å². The van der Waals surface area contributed by atoms with Gasteiger partial charge in [-0.2, -0.15) is 0 Å². The molecule has 7 nitrogen and oxygen atoms in total. The Morgan fingerprint density at radius 1 is 1.21 bits per heavy atom. The van der Waals surface area contributed by atoms with Crippen molar-refractivity contribution < 1.29 is 0 Å². The number of anilines is 1. The molecule has 0 saturated carbocycles. The van der Waals surface area contributed by atoms with Gasteiger partial charge in [0.15, 0.2) is 11.5 Å². The zero-order valence-electron chi connectivity index (χ0n) is 18.7. The Kier molecular flexibility index (Phi) is 5.49. The van der Waals surface area contributed by atoms with Gasteiger partial charge in [-0.25, -0.2) is 14.8 Å². The third-order valence-corrected chi connectivity index (χ3v) is 6.15. The minimum Gasteiger partial charge on any atom is -0.367 e. The summed E-state index contributed by atoms with van der Waals surface area (Å²) in [4.78, 5) is 20.7. The summed E-state index contributed by atoms with van der Waals surface area (Å²) in [5.74, 6) is 1.09. The van der Waals surface area contributed by atoms with Gasteiger partial charge in [-0.3, -0.25) is 9.38 Å². The summed E-state index contributed by atoms with van der Waals surface area (Å²) in [6, 6.07) is 10.2. The van der Waals surface area contributed by atoms with Crippen LogP contribution >= 0.6 is 0 Å². The fourth-order valence-corrected chi connectivity index (χ4v) is 4.12. The number of imidazole rings is 1. The molecule has 0 spiro atoms. The second-order valence-corrected chi connectivity index (χ2v) is 8.24. The number of nitrogens with one attached hydrogen (secondary N) is 2. The van der Waals surface area contributed by atoms with E-state index in [0.29, 0.717) is 11.6 Å². The first-order chi connectivity index (χ1) is 16.2. The van der Waals surface area contributed by atoms with E-state index in [4.69, 9.17) is 11.6 Å². The Morgan fingerprint density at radius 3 is 2.94 bits per heavy atom. The van der Waals surface area contributed by atoms with E-state index in [0.717, 1.165) is 53.3 Å². The van der Waals surface area contributed by atoms with E-state index in [-0.39, 0.29) is 0 Å². The molecule has 1 atom stereocenters. The molecule has 0 fully saturated rings. The number of fused-ring (bicyclic) bond motifs is 2. The topological polar surface area (TPSA) is 75.3 Å². The van der Waals surface area contributed by atoms with E-state index in [9.17, 15) is 0 Å². The molecule has 4 heterocycles. The monoisotopic (exact) mass is 435 g/mol. The van der Waals surface area contributed by atoms with E-state index in [1.165, 1.54) is 10.9 Å². The zero-order valence-corrected chi connectivity index (χ0v) is 18.7. The Labute approximate surface area is 192 Å². The summed E-state index contributed by atoms with van der Waals surface area (Å²) in [6.07, 6.45) is 11.2. The normalized spacial score (nSPS) is 12.2. The van der Waals surface area contributed by atoms with Gasteiger partial charge < -0.3 is 10.3 Å². The average Bonchev–Trinajstić information content (AvgIpc) is 3.48.